The topological polar surface area (TPSA) is 63.8 Å². The van der Waals surface area contributed by atoms with Crippen LogP contribution in [0.4, 0.5) is 16.6 Å². The first-order valence-corrected chi connectivity index (χ1v) is 10.9. The molecule has 0 unspecified atom stereocenters. The number of aromatic nitrogens is 2. The molecule has 0 radical (unpaired) electrons. The average Bonchev–Trinajstić information content (AvgIpc) is 3.29. The summed E-state index contributed by atoms with van der Waals surface area (Å²) in [6.45, 7) is 4.37. The van der Waals surface area contributed by atoms with E-state index in [-0.39, 0.29) is 0 Å². The highest BCUT2D eigenvalue weighted by Gasteiger charge is 2.15. The van der Waals surface area contributed by atoms with Crippen LogP contribution in [0.1, 0.15) is 25.3 Å². The van der Waals surface area contributed by atoms with E-state index >= 15 is 0 Å². The standard InChI is InChI=1S/C21H19ClN4S2/c1-12(2)13-5-9-16(10-6-13)24-21-26-19(23)18(28-21)20-25-17(11-27-20)14-3-7-15(22)8-4-14/h3-12H,23H2,1-2H3,(H,24,26). The Labute approximate surface area is 177 Å². The van der Waals surface area contributed by atoms with E-state index in [4.69, 9.17) is 22.3 Å². The van der Waals surface area contributed by atoms with Crippen molar-refractivity contribution < 1.29 is 0 Å². The van der Waals surface area contributed by atoms with Crippen LogP contribution in [0, 0.1) is 0 Å². The zero-order valence-electron chi connectivity index (χ0n) is 15.4. The van der Waals surface area contributed by atoms with Crippen molar-refractivity contribution >= 4 is 50.9 Å². The third-order valence-electron chi connectivity index (χ3n) is 4.32. The van der Waals surface area contributed by atoms with Crippen LogP contribution in [0.3, 0.4) is 0 Å². The lowest BCUT2D eigenvalue weighted by molar-refractivity contribution is 0.867. The van der Waals surface area contributed by atoms with Crippen LogP contribution in [-0.2, 0) is 0 Å². The Morgan fingerprint density at radius 1 is 1.00 bits per heavy atom. The lowest BCUT2D eigenvalue weighted by atomic mass is 10.0. The van der Waals surface area contributed by atoms with Gasteiger partial charge in [0.25, 0.3) is 0 Å². The van der Waals surface area contributed by atoms with Gasteiger partial charge in [0.05, 0.1) is 5.69 Å². The fourth-order valence-electron chi connectivity index (χ4n) is 2.74. The molecular weight excluding hydrogens is 408 g/mol. The van der Waals surface area contributed by atoms with E-state index in [1.54, 1.807) is 11.3 Å². The summed E-state index contributed by atoms with van der Waals surface area (Å²) in [4.78, 5) is 10.1. The number of hydrogen-bond acceptors (Lipinski definition) is 6. The summed E-state index contributed by atoms with van der Waals surface area (Å²) in [5.41, 5.74) is 10.4. The lowest BCUT2D eigenvalue weighted by Gasteiger charge is -2.07. The van der Waals surface area contributed by atoms with E-state index in [0.717, 1.165) is 32.0 Å². The van der Waals surface area contributed by atoms with Crippen molar-refractivity contribution in [1.29, 1.82) is 0 Å². The maximum Gasteiger partial charge on any atom is 0.189 e. The molecule has 3 N–H and O–H groups in total. The Morgan fingerprint density at radius 2 is 1.71 bits per heavy atom. The summed E-state index contributed by atoms with van der Waals surface area (Å²) in [7, 11) is 0. The molecule has 2 aromatic heterocycles. The number of rotatable bonds is 5. The minimum atomic E-state index is 0.489. The summed E-state index contributed by atoms with van der Waals surface area (Å²) in [5, 5.41) is 7.69. The van der Waals surface area contributed by atoms with Gasteiger partial charge in [-0.05, 0) is 35.7 Å². The molecule has 2 aromatic carbocycles. The minimum absolute atomic E-state index is 0.489. The maximum absolute atomic E-state index is 6.17. The van der Waals surface area contributed by atoms with Gasteiger partial charge >= 0.3 is 0 Å². The van der Waals surface area contributed by atoms with Gasteiger partial charge in [0.2, 0.25) is 0 Å². The number of benzene rings is 2. The molecule has 0 aliphatic rings. The molecule has 0 saturated carbocycles. The Kier molecular flexibility index (Phi) is 5.35. The smallest absolute Gasteiger partial charge is 0.189 e. The van der Waals surface area contributed by atoms with Gasteiger partial charge in [0.15, 0.2) is 5.13 Å². The highest BCUT2D eigenvalue weighted by molar-refractivity contribution is 7.23. The minimum Gasteiger partial charge on any atom is -0.382 e. The number of hydrogen-bond donors (Lipinski definition) is 2. The maximum atomic E-state index is 6.17. The first-order valence-electron chi connectivity index (χ1n) is 8.84. The number of nitrogens with two attached hydrogens (primary N) is 1. The van der Waals surface area contributed by atoms with Crippen LogP contribution in [0.25, 0.3) is 21.1 Å². The number of nitrogens with one attached hydrogen (secondary N) is 1. The highest BCUT2D eigenvalue weighted by atomic mass is 35.5. The molecule has 2 heterocycles. The van der Waals surface area contributed by atoms with Crippen molar-refractivity contribution in [2.75, 3.05) is 11.1 Å². The summed E-state index contributed by atoms with van der Waals surface area (Å²) < 4.78 is 0. The summed E-state index contributed by atoms with van der Waals surface area (Å²) in [6, 6.07) is 16.0. The molecule has 28 heavy (non-hydrogen) atoms. The van der Waals surface area contributed by atoms with E-state index in [9.17, 15) is 0 Å². The Bertz CT molecular complexity index is 1080. The fraction of sp³-hybridized carbons (Fsp3) is 0.143. The second-order valence-electron chi connectivity index (χ2n) is 6.68. The van der Waals surface area contributed by atoms with Crippen LogP contribution in [0.2, 0.25) is 5.02 Å². The van der Waals surface area contributed by atoms with Gasteiger partial charge < -0.3 is 11.1 Å². The Morgan fingerprint density at radius 3 is 2.39 bits per heavy atom. The van der Waals surface area contributed by atoms with Gasteiger partial charge in [-0.15, -0.1) is 11.3 Å². The molecule has 7 heteroatoms. The van der Waals surface area contributed by atoms with Crippen LogP contribution in [0.15, 0.2) is 53.9 Å². The van der Waals surface area contributed by atoms with Crippen molar-refractivity contribution in [3.05, 3.63) is 64.5 Å². The normalized spacial score (nSPS) is 11.1. The van der Waals surface area contributed by atoms with Gasteiger partial charge in [-0.1, -0.05) is 61.1 Å². The van der Waals surface area contributed by atoms with Gasteiger partial charge in [-0.25, -0.2) is 9.97 Å². The molecular formula is C21H19ClN4S2. The summed E-state index contributed by atoms with van der Waals surface area (Å²) in [5.74, 6) is 0.999. The average molecular weight is 427 g/mol. The van der Waals surface area contributed by atoms with Crippen LogP contribution in [0.5, 0.6) is 0 Å². The largest absolute Gasteiger partial charge is 0.382 e. The van der Waals surface area contributed by atoms with Gasteiger partial charge in [-0.3, -0.25) is 0 Å². The molecule has 4 aromatic rings. The molecule has 0 fully saturated rings. The van der Waals surface area contributed by atoms with Crippen molar-refractivity contribution in [3.8, 4) is 21.1 Å². The molecule has 0 spiro atoms. The number of nitrogen functional groups attached to an aromatic ring is 1. The SMILES string of the molecule is CC(C)c1ccc(Nc2nc(N)c(-c3nc(-c4ccc(Cl)cc4)cs3)s2)cc1. The van der Waals surface area contributed by atoms with Crippen molar-refractivity contribution in [2.24, 2.45) is 0 Å². The third-order valence-corrected chi connectivity index (χ3v) is 6.55. The molecule has 4 rings (SSSR count). The number of anilines is 3. The Hall–Kier alpha value is -2.41. The van der Waals surface area contributed by atoms with Crippen LogP contribution in [-0.4, -0.2) is 9.97 Å². The van der Waals surface area contributed by atoms with E-state index in [0.29, 0.717) is 16.8 Å². The third kappa shape index (κ3) is 4.04. The second kappa shape index (κ2) is 7.91. The van der Waals surface area contributed by atoms with Gasteiger partial charge in [-0.2, -0.15) is 0 Å². The predicted molar refractivity (Wildman–Crippen MR) is 122 cm³/mol. The van der Waals surface area contributed by atoms with E-state index < -0.39 is 0 Å². The Balaban J connectivity index is 1.55. The van der Waals surface area contributed by atoms with Crippen molar-refractivity contribution in [2.45, 2.75) is 19.8 Å². The molecule has 0 amide bonds. The first-order chi connectivity index (χ1) is 13.5. The van der Waals surface area contributed by atoms with Gasteiger partial charge in [0, 0.05) is 21.7 Å². The lowest BCUT2D eigenvalue weighted by Crippen LogP contribution is -1.92. The highest BCUT2D eigenvalue weighted by Crippen LogP contribution is 2.39. The molecule has 0 aliphatic carbocycles. The van der Waals surface area contributed by atoms with Crippen LogP contribution < -0.4 is 11.1 Å². The molecule has 0 bridgehead atoms. The van der Waals surface area contributed by atoms with Crippen molar-refractivity contribution in [1.82, 2.24) is 9.97 Å². The monoisotopic (exact) mass is 426 g/mol. The van der Waals surface area contributed by atoms with E-state index in [1.165, 1.54) is 16.9 Å². The van der Waals surface area contributed by atoms with Crippen molar-refractivity contribution in [3.63, 3.8) is 0 Å². The number of nitrogens with zero attached hydrogens (tertiary/aromatic N) is 2. The first kappa shape index (κ1) is 18.9. The predicted octanol–water partition coefficient (Wildman–Crippen LogP) is 7.04. The quantitative estimate of drug-likeness (QED) is 0.359. The number of halogens is 1. The van der Waals surface area contributed by atoms with E-state index in [1.807, 2.05) is 29.6 Å². The summed E-state index contributed by atoms with van der Waals surface area (Å²) in [6.07, 6.45) is 0. The molecule has 0 aliphatic heterocycles. The molecule has 0 saturated heterocycles. The number of thiazole rings is 2. The molecule has 142 valence electrons. The van der Waals surface area contributed by atoms with Crippen LogP contribution >= 0.6 is 34.3 Å². The fourth-order valence-corrected chi connectivity index (χ4v) is 4.70. The summed E-state index contributed by atoms with van der Waals surface area (Å²) >= 11 is 9.03. The van der Waals surface area contributed by atoms with Gasteiger partial charge in [0.1, 0.15) is 15.7 Å². The molecule has 4 nitrogen and oxygen atoms in total. The second-order valence-corrected chi connectivity index (χ2v) is 8.97. The molecule has 0 atom stereocenters. The zero-order chi connectivity index (χ0) is 19.7. The zero-order valence-corrected chi connectivity index (χ0v) is 17.8. The van der Waals surface area contributed by atoms with E-state index in [2.05, 4.69) is 48.4 Å².